The Balaban J connectivity index is 1.75. The smallest absolute Gasteiger partial charge is 0.234 e. The molecule has 0 saturated heterocycles. The van der Waals surface area contributed by atoms with Crippen LogP contribution in [0.15, 0.2) is 36.4 Å². The van der Waals surface area contributed by atoms with Crippen molar-refractivity contribution in [2.75, 3.05) is 22.1 Å². The Hall–Kier alpha value is -1.11. The molecule has 0 atom stereocenters. The number of amides is 2. The lowest BCUT2D eigenvalue weighted by Gasteiger charge is -2.07. The summed E-state index contributed by atoms with van der Waals surface area (Å²) in [5, 5.41) is 6.89. The molecule has 2 aromatic rings. The fourth-order valence-corrected chi connectivity index (χ4v) is 2.99. The van der Waals surface area contributed by atoms with Gasteiger partial charge in [0.05, 0.1) is 31.6 Å². The largest absolute Gasteiger partial charge is 0.325 e. The highest BCUT2D eigenvalue weighted by Gasteiger charge is 2.08. The standard InChI is InChI=1S/C16H12Cl4N2O2S/c17-11-3-1-9(5-13(11)19)21-15(23)7-25-8-16(24)22-10-2-4-12(18)14(20)6-10/h1-6H,7-8H2,(H,21,23)(H,22,24). The average Bonchev–Trinajstić information content (AvgIpc) is 2.54. The van der Waals surface area contributed by atoms with Gasteiger partial charge in [-0.05, 0) is 36.4 Å². The second-order valence-corrected chi connectivity index (χ2v) is 7.46. The monoisotopic (exact) mass is 436 g/mol. The molecular formula is C16H12Cl4N2O2S. The van der Waals surface area contributed by atoms with Crippen molar-refractivity contribution in [2.24, 2.45) is 0 Å². The molecule has 2 aromatic carbocycles. The molecule has 9 heteroatoms. The quantitative estimate of drug-likeness (QED) is 0.617. The Morgan fingerprint density at radius 2 is 1.12 bits per heavy atom. The normalized spacial score (nSPS) is 10.4. The molecule has 0 aliphatic carbocycles. The van der Waals surface area contributed by atoms with Crippen molar-refractivity contribution in [3.8, 4) is 0 Å². The summed E-state index contributed by atoms with van der Waals surface area (Å²) in [5.74, 6) is -0.249. The number of carbonyl (C=O) groups is 2. The van der Waals surface area contributed by atoms with Crippen molar-refractivity contribution in [3.05, 3.63) is 56.5 Å². The lowest BCUT2D eigenvalue weighted by atomic mass is 10.3. The van der Waals surface area contributed by atoms with Gasteiger partial charge < -0.3 is 10.6 Å². The summed E-state index contributed by atoms with van der Waals surface area (Å²) >= 11 is 24.6. The summed E-state index contributed by atoms with van der Waals surface area (Å²) in [4.78, 5) is 23.7. The third-order valence-electron chi connectivity index (χ3n) is 2.87. The van der Waals surface area contributed by atoms with E-state index in [2.05, 4.69) is 10.6 Å². The molecule has 0 heterocycles. The van der Waals surface area contributed by atoms with E-state index in [1.165, 1.54) is 11.8 Å². The first-order valence-corrected chi connectivity index (χ1v) is 9.59. The van der Waals surface area contributed by atoms with Gasteiger partial charge in [-0.25, -0.2) is 0 Å². The van der Waals surface area contributed by atoms with Gasteiger partial charge in [-0.1, -0.05) is 46.4 Å². The minimum absolute atomic E-state index is 0.120. The van der Waals surface area contributed by atoms with Gasteiger partial charge in [-0.15, -0.1) is 11.8 Å². The zero-order valence-corrected chi connectivity index (χ0v) is 16.5. The predicted molar refractivity (Wildman–Crippen MR) is 108 cm³/mol. The fraction of sp³-hybridized carbons (Fsp3) is 0.125. The highest BCUT2D eigenvalue weighted by molar-refractivity contribution is 8.00. The van der Waals surface area contributed by atoms with Gasteiger partial charge in [0.15, 0.2) is 0 Å². The molecule has 25 heavy (non-hydrogen) atoms. The van der Waals surface area contributed by atoms with Gasteiger partial charge in [0.25, 0.3) is 0 Å². The lowest BCUT2D eigenvalue weighted by molar-refractivity contribution is -0.114. The van der Waals surface area contributed by atoms with Crippen LogP contribution in [0.2, 0.25) is 20.1 Å². The molecule has 0 aliphatic heterocycles. The van der Waals surface area contributed by atoms with Crippen LogP contribution in [-0.4, -0.2) is 23.3 Å². The van der Waals surface area contributed by atoms with E-state index in [4.69, 9.17) is 46.4 Å². The molecule has 2 amide bonds. The molecule has 2 N–H and O–H groups in total. The molecule has 0 fully saturated rings. The summed E-state index contributed by atoms with van der Waals surface area (Å²) in [6.45, 7) is 0. The zero-order chi connectivity index (χ0) is 18.4. The van der Waals surface area contributed by atoms with Crippen LogP contribution in [0, 0.1) is 0 Å². The summed E-state index contributed by atoms with van der Waals surface area (Å²) in [6, 6.07) is 9.60. The Labute approximate surface area is 169 Å². The summed E-state index contributed by atoms with van der Waals surface area (Å²) in [5.41, 5.74) is 1.08. The minimum atomic E-state index is -0.245. The van der Waals surface area contributed by atoms with E-state index in [1.807, 2.05) is 0 Å². The highest BCUT2D eigenvalue weighted by Crippen LogP contribution is 2.26. The summed E-state index contributed by atoms with van der Waals surface area (Å²) in [6.07, 6.45) is 0. The number of anilines is 2. The molecule has 0 bridgehead atoms. The fourth-order valence-electron chi connectivity index (χ4n) is 1.78. The number of rotatable bonds is 6. The van der Waals surface area contributed by atoms with Crippen LogP contribution >= 0.6 is 58.2 Å². The van der Waals surface area contributed by atoms with Crippen molar-refractivity contribution in [1.29, 1.82) is 0 Å². The molecule has 0 spiro atoms. The number of nitrogens with one attached hydrogen (secondary N) is 2. The van der Waals surface area contributed by atoms with E-state index < -0.39 is 0 Å². The highest BCUT2D eigenvalue weighted by atomic mass is 35.5. The van der Waals surface area contributed by atoms with Crippen LogP contribution in [0.5, 0.6) is 0 Å². The molecule has 0 aromatic heterocycles. The van der Waals surface area contributed by atoms with Crippen molar-refractivity contribution >= 4 is 81.4 Å². The molecule has 0 radical (unpaired) electrons. The average molecular weight is 438 g/mol. The van der Waals surface area contributed by atoms with Crippen molar-refractivity contribution in [1.82, 2.24) is 0 Å². The van der Waals surface area contributed by atoms with Gasteiger partial charge in [0.2, 0.25) is 11.8 Å². The van der Waals surface area contributed by atoms with Gasteiger partial charge in [-0.3, -0.25) is 9.59 Å². The maximum atomic E-state index is 11.9. The molecule has 2 rings (SSSR count). The summed E-state index contributed by atoms with van der Waals surface area (Å²) < 4.78 is 0. The molecular weight excluding hydrogens is 426 g/mol. The van der Waals surface area contributed by atoms with E-state index in [0.29, 0.717) is 31.5 Å². The topological polar surface area (TPSA) is 58.2 Å². The van der Waals surface area contributed by atoms with Crippen LogP contribution in [-0.2, 0) is 9.59 Å². The van der Waals surface area contributed by atoms with Gasteiger partial charge in [-0.2, -0.15) is 0 Å². The minimum Gasteiger partial charge on any atom is -0.325 e. The number of carbonyl (C=O) groups excluding carboxylic acids is 2. The maximum Gasteiger partial charge on any atom is 0.234 e. The van der Waals surface area contributed by atoms with E-state index in [9.17, 15) is 9.59 Å². The SMILES string of the molecule is O=C(CSCC(=O)Nc1ccc(Cl)c(Cl)c1)Nc1ccc(Cl)c(Cl)c1. The van der Waals surface area contributed by atoms with Crippen molar-refractivity contribution in [2.45, 2.75) is 0 Å². The van der Waals surface area contributed by atoms with E-state index in [1.54, 1.807) is 36.4 Å². The molecule has 0 aliphatic rings. The van der Waals surface area contributed by atoms with Crippen LogP contribution in [0.4, 0.5) is 11.4 Å². The van der Waals surface area contributed by atoms with Crippen molar-refractivity contribution < 1.29 is 9.59 Å². The van der Waals surface area contributed by atoms with Gasteiger partial charge in [0, 0.05) is 11.4 Å². The van der Waals surface area contributed by atoms with Crippen LogP contribution < -0.4 is 10.6 Å². The number of thioether (sulfide) groups is 1. The molecule has 132 valence electrons. The van der Waals surface area contributed by atoms with E-state index in [-0.39, 0.29) is 23.3 Å². The summed E-state index contributed by atoms with van der Waals surface area (Å²) in [7, 11) is 0. The number of benzene rings is 2. The Morgan fingerprint density at radius 3 is 1.48 bits per heavy atom. The first-order chi connectivity index (χ1) is 11.8. The van der Waals surface area contributed by atoms with Crippen LogP contribution in [0.3, 0.4) is 0 Å². The number of hydrogen-bond acceptors (Lipinski definition) is 3. The second-order valence-electron chi connectivity index (χ2n) is 4.85. The third-order valence-corrected chi connectivity index (χ3v) is 5.28. The van der Waals surface area contributed by atoms with Crippen molar-refractivity contribution in [3.63, 3.8) is 0 Å². The van der Waals surface area contributed by atoms with Gasteiger partial charge >= 0.3 is 0 Å². The molecule has 0 unspecified atom stereocenters. The van der Waals surface area contributed by atoms with Gasteiger partial charge in [0.1, 0.15) is 0 Å². The number of halogens is 4. The Kier molecular flexibility index (Phi) is 7.72. The predicted octanol–water partition coefficient (Wildman–Crippen LogP) is 5.61. The first kappa shape index (κ1) is 20.2. The Bertz CT molecular complexity index is 736. The third kappa shape index (κ3) is 6.60. The zero-order valence-electron chi connectivity index (χ0n) is 12.6. The van der Waals surface area contributed by atoms with E-state index >= 15 is 0 Å². The number of hydrogen-bond donors (Lipinski definition) is 2. The molecule has 0 saturated carbocycles. The maximum absolute atomic E-state index is 11.9. The second kappa shape index (κ2) is 9.55. The Morgan fingerprint density at radius 1 is 0.720 bits per heavy atom. The molecule has 4 nitrogen and oxygen atoms in total. The first-order valence-electron chi connectivity index (χ1n) is 6.92. The van der Waals surface area contributed by atoms with E-state index in [0.717, 1.165) is 0 Å². The lowest BCUT2D eigenvalue weighted by Crippen LogP contribution is -2.18. The van der Waals surface area contributed by atoms with Crippen LogP contribution in [0.1, 0.15) is 0 Å². The van der Waals surface area contributed by atoms with Crippen LogP contribution in [0.25, 0.3) is 0 Å².